The monoisotopic (exact) mass is 422 g/mol. The fourth-order valence-corrected chi connectivity index (χ4v) is 3.21. The van der Waals surface area contributed by atoms with Crippen LogP contribution in [-0.2, 0) is 4.79 Å². The molecule has 1 aliphatic heterocycles. The standard InChI is InChI=1S/C22H20F2N6O/c23-17-2-3-19(24)16(15-17)1-6-22(31)30-13-11-29(12-14-30)21-5-4-20(27-28-21)26-18-7-9-25-10-8-18/h1-10,15H,11-14H2,(H,25,26,27)/b6-1+. The lowest BCUT2D eigenvalue weighted by molar-refractivity contribution is -0.126. The van der Waals surface area contributed by atoms with E-state index in [0.29, 0.717) is 32.0 Å². The largest absolute Gasteiger partial charge is 0.352 e. The van der Waals surface area contributed by atoms with Crippen LogP contribution >= 0.6 is 0 Å². The average Bonchev–Trinajstić information content (AvgIpc) is 2.81. The first-order valence-electron chi connectivity index (χ1n) is 9.76. The summed E-state index contributed by atoms with van der Waals surface area (Å²) in [5, 5.41) is 11.6. The Bertz CT molecular complexity index is 1070. The maximum absolute atomic E-state index is 13.7. The molecule has 0 bridgehead atoms. The molecule has 9 heteroatoms. The lowest BCUT2D eigenvalue weighted by Crippen LogP contribution is -2.48. The van der Waals surface area contributed by atoms with Crippen molar-refractivity contribution in [3.8, 4) is 0 Å². The van der Waals surface area contributed by atoms with Crippen molar-refractivity contribution in [2.75, 3.05) is 36.4 Å². The van der Waals surface area contributed by atoms with E-state index in [0.717, 1.165) is 29.7 Å². The third kappa shape index (κ3) is 5.19. The van der Waals surface area contributed by atoms with Gasteiger partial charge in [-0.2, -0.15) is 0 Å². The fraction of sp³-hybridized carbons (Fsp3) is 0.182. The summed E-state index contributed by atoms with van der Waals surface area (Å²) in [6.07, 6.45) is 5.95. The van der Waals surface area contributed by atoms with Gasteiger partial charge in [0.05, 0.1) is 0 Å². The Balaban J connectivity index is 1.31. The van der Waals surface area contributed by atoms with Gasteiger partial charge < -0.3 is 15.1 Å². The number of nitrogens with one attached hydrogen (secondary N) is 1. The molecule has 4 rings (SSSR count). The number of aromatic nitrogens is 3. The molecule has 3 aromatic rings. The Kier molecular flexibility index (Phi) is 6.11. The number of halogens is 2. The Morgan fingerprint density at radius 1 is 0.968 bits per heavy atom. The van der Waals surface area contributed by atoms with Crippen molar-refractivity contribution in [1.82, 2.24) is 20.1 Å². The highest BCUT2D eigenvalue weighted by Gasteiger charge is 2.21. The van der Waals surface area contributed by atoms with Crippen molar-refractivity contribution in [3.63, 3.8) is 0 Å². The van der Waals surface area contributed by atoms with Gasteiger partial charge in [0.15, 0.2) is 11.6 Å². The van der Waals surface area contributed by atoms with Crippen LogP contribution in [0.4, 0.5) is 26.1 Å². The highest BCUT2D eigenvalue weighted by Crippen LogP contribution is 2.17. The number of carbonyl (C=O) groups excluding carboxylic acids is 1. The van der Waals surface area contributed by atoms with Crippen LogP contribution in [0, 0.1) is 11.6 Å². The molecule has 1 N–H and O–H groups in total. The lowest BCUT2D eigenvalue weighted by Gasteiger charge is -2.34. The van der Waals surface area contributed by atoms with Crippen molar-refractivity contribution in [3.05, 3.63) is 78.1 Å². The summed E-state index contributed by atoms with van der Waals surface area (Å²) in [5.41, 5.74) is 0.915. The first-order chi connectivity index (χ1) is 15.1. The topological polar surface area (TPSA) is 74.2 Å². The minimum atomic E-state index is -0.573. The number of nitrogens with zero attached hydrogens (tertiary/aromatic N) is 5. The van der Waals surface area contributed by atoms with Gasteiger partial charge in [-0.15, -0.1) is 10.2 Å². The smallest absolute Gasteiger partial charge is 0.246 e. The summed E-state index contributed by atoms with van der Waals surface area (Å²) in [4.78, 5) is 20.1. The molecule has 7 nitrogen and oxygen atoms in total. The van der Waals surface area contributed by atoms with Crippen molar-refractivity contribution < 1.29 is 13.6 Å². The zero-order valence-electron chi connectivity index (χ0n) is 16.6. The SMILES string of the molecule is O=C(/C=C/c1cc(F)ccc1F)N1CCN(c2ccc(Nc3ccncc3)nn2)CC1. The summed E-state index contributed by atoms with van der Waals surface area (Å²) in [6.45, 7) is 2.18. The first-order valence-corrected chi connectivity index (χ1v) is 9.76. The van der Waals surface area contributed by atoms with E-state index in [-0.39, 0.29) is 11.5 Å². The number of rotatable bonds is 5. The Labute approximate surface area is 178 Å². The second kappa shape index (κ2) is 9.29. The van der Waals surface area contributed by atoms with Gasteiger partial charge in [0, 0.05) is 55.9 Å². The molecule has 1 fully saturated rings. The quantitative estimate of drug-likeness (QED) is 0.637. The second-order valence-corrected chi connectivity index (χ2v) is 6.95. The van der Waals surface area contributed by atoms with Crippen LogP contribution in [0.3, 0.4) is 0 Å². The van der Waals surface area contributed by atoms with E-state index >= 15 is 0 Å². The number of hydrogen-bond donors (Lipinski definition) is 1. The first kappa shape index (κ1) is 20.4. The van der Waals surface area contributed by atoms with E-state index in [2.05, 4.69) is 20.5 Å². The molecule has 31 heavy (non-hydrogen) atoms. The van der Waals surface area contributed by atoms with E-state index < -0.39 is 11.6 Å². The molecule has 3 heterocycles. The maximum atomic E-state index is 13.7. The van der Waals surface area contributed by atoms with Gasteiger partial charge in [-0.3, -0.25) is 9.78 Å². The van der Waals surface area contributed by atoms with E-state index in [4.69, 9.17) is 0 Å². The van der Waals surface area contributed by atoms with Crippen LogP contribution in [0.15, 0.2) is 60.9 Å². The van der Waals surface area contributed by atoms with Crippen LogP contribution in [0.5, 0.6) is 0 Å². The van der Waals surface area contributed by atoms with Gasteiger partial charge in [0.25, 0.3) is 0 Å². The molecule has 0 aliphatic carbocycles. The van der Waals surface area contributed by atoms with Crippen molar-refractivity contribution in [1.29, 1.82) is 0 Å². The van der Waals surface area contributed by atoms with Crippen molar-refractivity contribution in [2.24, 2.45) is 0 Å². The maximum Gasteiger partial charge on any atom is 0.246 e. The number of amides is 1. The minimum Gasteiger partial charge on any atom is -0.352 e. The predicted octanol–water partition coefficient (Wildman–Crippen LogP) is 3.26. The Morgan fingerprint density at radius 3 is 2.45 bits per heavy atom. The lowest BCUT2D eigenvalue weighted by atomic mass is 10.2. The predicted molar refractivity (Wildman–Crippen MR) is 114 cm³/mol. The Morgan fingerprint density at radius 2 is 1.74 bits per heavy atom. The van der Waals surface area contributed by atoms with Gasteiger partial charge in [-0.1, -0.05) is 0 Å². The fourth-order valence-electron chi connectivity index (χ4n) is 3.21. The Hall–Kier alpha value is -3.88. The minimum absolute atomic E-state index is 0.0442. The van der Waals surface area contributed by atoms with Crippen molar-refractivity contribution in [2.45, 2.75) is 0 Å². The van der Waals surface area contributed by atoms with Gasteiger partial charge in [-0.05, 0) is 48.5 Å². The van der Waals surface area contributed by atoms with Gasteiger partial charge in [0.2, 0.25) is 5.91 Å². The molecule has 1 amide bonds. The van der Waals surface area contributed by atoms with Crippen LogP contribution in [0.1, 0.15) is 5.56 Å². The molecular weight excluding hydrogens is 402 g/mol. The second-order valence-electron chi connectivity index (χ2n) is 6.95. The zero-order valence-corrected chi connectivity index (χ0v) is 16.6. The highest BCUT2D eigenvalue weighted by atomic mass is 19.1. The average molecular weight is 422 g/mol. The zero-order chi connectivity index (χ0) is 21.6. The highest BCUT2D eigenvalue weighted by molar-refractivity contribution is 5.92. The van der Waals surface area contributed by atoms with Crippen LogP contribution < -0.4 is 10.2 Å². The third-order valence-electron chi connectivity index (χ3n) is 4.88. The number of carbonyl (C=O) groups is 1. The number of pyridine rings is 1. The van der Waals surface area contributed by atoms with Gasteiger partial charge >= 0.3 is 0 Å². The molecule has 1 saturated heterocycles. The van der Waals surface area contributed by atoms with E-state index in [9.17, 15) is 13.6 Å². The molecule has 1 aliphatic rings. The summed E-state index contributed by atoms with van der Waals surface area (Å²) < 4.78 is 26.9. The van der Waals surface area contributed by atoms with Crippen LogP contribution in [0.2, 0.25) is 0 Å². The molecule has 1 aromatic carbocycles. The summed E-state index contributed by atoms with van der Waals surface area (Å²) >= 11 is 0. The molecule has 0 spiro atoms. The van der Waals surface area contributed by atoms with Gasteiger partial charge in [-0.25, -0.2) is 8.78 Å². The summed E-state index contributed by atoms with van der Waals surface area (Å²) in [7, 11) is 0. The molecular formula is C22H20F2N6O. The molecule has 158 valence electrons. The van der Waals surface area contributed by atoms with Gasteiger partial charge in [0.1, 0.15) is 11.6 Å². The third-order valence-corrected chi connectivity index (χ3v) is 4.88. The molecule has 0 saturated carbocycles. The molecule has 0 atom stereocenters. The van der Waals surface area contributed by atoms with Crippen LogP contribution in [-0.4, -0.2) is 52.2 Å². The molecule has 2 aromatic heterocycles. The summed E-state index contributed by atoms with van der Waals surface area (Å²) in [5.74, 6) is -0.0181. The number of piperazine rings is 1. The van der Waals surface area contributed by atoms with E-state index in [1.165, 1.54) is 12.2 Å². The number of anilines is 3. The van der Waals surface area contributed by atoms with Crippen LogP contribution in [0.25, 0.3) is 6.08 Å². The molecule has 0 radical (unpaired) electrons. The molecule has 0 unspecified atom stereocenters. The van der Waals surface area contributed by atoms with Crippen molar-refractivity contribution >= 4 is 29.3 Å². The summed E-state index contributed by atoms with van der Waals surface area (Å²) in [6, 6.07) is 10.5. The van der Waals surface area contributed by atoms with E-state index in [1.807, 2.05) is 29.2 Å². The van der Waals surface area contributed by atoms with E-state index in [1.54, 1.807) is 17.3 Å². The normalized spacial score (nSPS) is 14.1. The number of hydrogen-bond acceptors (Lipinski definition) is 6. The number of benzene rings is 1.